The Morgan fingerprint density at radius 1 is 1.00 bits per heavy atom. The van der Waals surface area contributed by atoms with E-state index in [1.54, 1.807) is 0 Å². The van der Waals surface area contributed by atoms with E-state index in [1.807, 2.05) is 16.7 Å². The van der Waals surface area contributed by atoms with Gasteiger partial charge in [-0.3, -0.25) is 9.69 Å². The molecule has 6 heteroatoms. The summed E-state index contributed by atoms with van der Waals surface area (Å²) in [5.74, 6) is -1.03. The molecule has 3 fully saturated rings. The van der Waals surface area contributed by atoms with Crippen LogP contribution in [0.4, 0.5) is 4.79 Å². The highest BCUT2D eigenvalue weighted by Gasteiger charge is 2.36. The van der Waals surface area contributed by atoms with Crippen molar-refractivity contribution in [2.75, 3.05) is 32.7 Å². The molecule has 21 heavy (non-hydrogen) atoms. The van der Waals surface area contributed by atoms with Crippen LogP contribution in [0.15, 0.2) is 0 Å². The molecule has 2 unspecified atom stereocenters. The van der Waals surface area contributed by atoms with Crippen molar-refractivity contribution in [1.29, 1.82) is 0 Å². The number of hydrogen-bond acceptors (Lipinski definition) is 3. The summed E-state index contributed by atoms with van der Waals surface area (Å²) in [4.78, 5) is 30.0. The molecule has 0 aromatic carbocycles. The molecule has 0 spiro atoms. The number of aliphatic carboxylic acids is 1. The van der Waals surface area contributed by atoms with Gasteiger partial charge >= 0.3 is 12.0 Å². The number of piperidine rings is 1. The van der Waals surface area contributed by atoms with E-state index in [0.29, 0.717) is 19.4 Å². The molecule has 6 nitrogen and oxygen atoms in total. The Morgan fingerprint density at radius 3 is 2.19 bits per heavy atom. The standard InChI is InChI=1S/C15H25N3O3/c1-11-10-12(14(19)20)4-5-18(11)15(21)17-8-6-16(7-9-17)13-2-3-13/h11-13H,2-10H2,1H3,(H,19,20). The third-order valence-electron chi connectivity index (χ3n) is 5.12. The Balaban J connectivity index is 1.52. The molecular weight excluding hydrogens is 270 g/mol. The minimum Gasteiger partial charge on any atom is -0.481 e. The van der Waals surface area contributed by atoms with Gasteiger partial charge in [0.2, 0.25) is 0 Å². The average molecular weight is 295 g/mol. The Morgan fingerprint density at radius 2 is 1.67 bits per heavy atom. The number of amides is 2. The number of hydrogen-bond donors (Lipinski definition) is 1. The SMILES string of the molecule is CC1CC(C(=O)O)CCN1C(=O)N1CCN(C2CC2)CC1. The van der Waals surface area contributed by atoms with Crippen LogP contribution >= 0.6 is 0 Å². The smallest absolute Gasteiger partial charge is 0.320 e. The molecule has 0 aromatic heterocycles. The maximum absolute atomic E-state index is 12.6. The molecule has 0 radical (unpaired) electrons. The highest BCUT2D eigenvalue weighted by Crippen LogP contribution is 2.28. The van der Waals surface area contributed by atoms with E-state index in [1.165, 1.54) is 12.8 Å². The Kier molecular flexibility index (Phi) is 4.06. The van der Waals surface area contributed by atoms with E-state index < -0.39 is 5.97 Å². The van der Waals surface area contributed by atoms with Gasteiger partial charge in [-0.1, -0.05) is 0 Å². The second-order valence-electron chi connectivity index (χ2n) is 6.64. The number of urea groups is 1. The molecule has 2 heterocycles. The normalized spacial score (nSPS) is 31.3. The van der Waals surface area contributed by atoms with Crippen molar-refractivity contribution in [3.05, 3.63) is 0 Å². The first-order chi connectivity index (χ1) is 10.1. The number of likely N-dealkylation sites (tertiary alicyclic amines) is 1. The number of nitrogens with zero attached hydrogens (tertiary/aromatic N) is 3. The van der Waals surface area contributed by atoms with Gasteiger partial charge in [0.25, 0.3) is 0 Å². The Hall–Kier alpha value is -1.30. The fourth-order valence-electron chi connectivity index (χ4n) is 3.58. The van der Waals surface area contributed by atoms with Crippen LogP contribution in [0.3, 0.4) is 0 Å². The van der Waals surface area contributed by atoms with Crippen LogP contribution in [0.25, 0.3) is 0 Å². The Labute approximate surface area is 125 Å². The van der Waals surface area contributed by atoms with Gasteiger partial charge in [-0.05, 0) is 32.6 Å². The van der Waals surface area contributed by atoms with E-state index in [-0.39, 0.29) is 18.0 Å². The molecule has 1 aliphatic carbocycles. The summed E-state index contributed by atoms with van der Waals surface area (Å²) < 4.78 is 0. The summed E-state index contributed by atoms with van der Waals surface area (Å²) in [6.45, 7) is 6.11. The monoisotopic (exact) mass is 295 g/mol. The van der Waals surface area contributed by atoms with Crippen LogP contribution in [-0.4, -0.2) is 76.6 Å². The first kappa shape index (κ1) is 14.6. The van der Waals surface area contributed by atoms with Gasteiger partial charge in [-0.2, -0.15) is 0 Å². The van der Waals surface area contributed by atoms with Crippen molar-refractivity contribution < 1.29 is 14.7 Å². The number of carbonyl (C=O) groups is 2. The molecule has 2 atom stereocenters. The molecule has 2 aliphatic heterocycles. The second kappa shape index (κ2) is 5.83. The molecule has 1 N–H and O–H groups in total. The molecule has 0 aromatic rings. The first-order valence-electron chi connectivity index (χ1n) is 8.08. The summed E-state index contributed by atoms with van der Waals surface area (Å²) in [6.07, 6.45) is 3.78. The lowest BCUT2D eigenvalue weighted by molar-refractivity contribution is -0.143. The number of rotatable bonds is 2. The molecular formula is C15H25N3O3. The third-order valence-corrected chi connectivity index (χ3v) is 5.12. The predicted molar refractivity (Wildman–Crippen MR) is 78.1 cm³/mol. The molecule has 3 rings (SSSR count). The van der Waals surface area contributed by atoms with Gasteiger partial charge in [0.1, 0.15) is 0 Å². The van der Waals surface area contributed by atoms with Crippen LogP contribution in [0.2, 0.25) is 0 Å². The maximum Gasteiger partial charge on any atom is 0.320 e. The highest BCUT2D eigenvalue weighted by molar-refractivity contribution is 5.76. The van der Waals surface area contributed by atoms with Gasteiger partial charge in [-0.25, -0.2) is 4.79 Å². The van der Waals surface area contributed by atoms with Crippen molar-refractivity contribution in [1.82, 2.24) is 14.7 Å². The molecule has 3 aliphatic rings. The van der Waals surface area contributed by atoms with Gasteiger partial charge in [0, 0.05) is 44.8 Å². The summed E-state index contributed by atoms with van der Waals surface area (Å²) in [5.41, 5.74) is 0. The van der Waals surface area contributed by atoms with E-state index in [9.17, 15) is 9.59 Å². The van der Waals surface area contributed by atoms with Crippen molar-refractivity contribution in [2.45, 2.75) is 44.7 Å². The van der Waals surface area contributed by atoms with E-state index >= 15 is 0 Å². The zero-order chi connectivity index (χ0) is 15.0. The van der Waals surface area contributed by atoms with E-state index in [0.717, 1.165) is 32.2 Å². The van der Waals surface area contributed by atoms with Gasteiger partial charge in [0.15, 0.2) is 0 Å². The average Bonchev–Trinajstić information content (AvgIpc) is 3.31. The highest BCUT2D eigenvalue weighted by atomic mass is 16.4. The number of carboxylic acid groups (broad SMARTS) is 1. The van der Waals surface area contributed by atoms with E-state index in [2.05, 4.69) is 4.90 Å². The summed E-state index contributed by atoms with van der Waals surface area (Å²) in [7, 11) is 0. The number of carboxylic acids is 1. The van der Waals surface area contributed by atoms with Crippen LogP contribution in [0, 0.1) is 5.92 Å². The maximum atomic E-state index is 12.6. The largest absolute Gasteiger partial charge is 0.481 e. The minimum absolute atomic E-state index is 0.0220. The van der Waals surface area contributed by atoms with Crippen molar-refractivity contribution in [3.8, 4) is 0 Å². The fraction of sp³-hybridized carbons (Fsp3) is 0.867. The zero-order valence-electron chi connectivity index (χ0n) is 12.7. The topological polar surface area (TPSA) is 64.1 Å². The zero-order valence-corrected chi connectivity index (χ0v) is 12.7. The minimum atomic E-state index is -0.730. The van der Waals surface area contributed by atoms with E-state index in [4.69, 9.17) is 5.11 Å². The van der Waals surface area contributed by atoms with Crippen molar-refractivity contribution in [2.24, 2.45) is 5.92 Å². The lowest BCUT2D eigenvalue weighted by Crippen LogP contribution is -2.56. The molecule has 118 valence electrons. The first-order valence-corrected chi connectivity index (χ1v) is 8.08. The molecule has 1 saturated carbocycles. The lowest BCUT2D eigenvalue weighted by Gasteiger charge is -2.42. The summed E-state index contributed by atoms with van der Waals surface area (Å²) >= 11 is 0. The predicted octanol–water partition coefficient (Wildman–Crippen LogP) is 1.07. The van der Waals surface area contributed by atoms with Gasteiger partial charge < -0.3 is 14.9 Å². The quantitative estimate of drug-likeness (QED) is 0.828. The number of piperazine rings is 1. The number of carbonyl (C=O) groups excluding carboxylic acids is 1. The second-order valence-corrected chi connectivity index (χ2v) is 6.64. The third kappa shape index (κ3) is 3.15. The fourth-order valence-corrected chi connectivity index (χ4v) is 3.58. The van der Waals surface area contributed by atoms with Gasteiger partial charge in [0.05, 0.1) is 5.92 Å². The summed E-state index contributed by atoms with van der Waals surface area (Å²) in [5, 5.41) is 9.10. The lowest BCUT2D eigenvalue weighted by atomic mass is 9.92. The molecule has 2 amide bonds. The van der Waals surface area contributed by atoms with Crippen LogP contribution in [0.5, 0.6) is 0 Å². The Bertz CT molecular complexity index is 416. The van der Waals surface area contributed by atoms with Crippen LogP contribution in [0.1, 0.15) is 32.6 Å². The molecule has 2 saturated heterocycles. The van der Waals surface area contributed by atoms with Crippen LogP contribution in [-0.2, 0) is 4.79 Å². The van der Waals surface area contributed by atoms with Crippen LogP contribution < -0.4 is 0 Å². The van der Waals surface area contributed by atoms with Crippen molar-refractivity contribution >= 4 is 12.0 Å². The summed E-state index contributed by atoms with van der Waals surface area (Å²) in [6, 6.07) is 0.892. The molecule has 0 bridgehead atoms. The van der Waals surface area contributed by atoms with Crippen molar-refractivity contribution in [3.63, 3.8) is 0 Å². The van der Waals surface area contributed by atoms with Gasteiger partial charge in [-0.15, -0.1) is 0 Å².